The molecule has 1 heterocycles. The predicted molar refractivity (Wildman–Crippen MR) is 54.2 cm³/mol. The molecule has 2 N–H and O–H groups in total. The van der Waals surface area contributed by atoms with Gasteiger partial charge in [0, 0.05) is 6.26 Å². The highest BCUT2D eigenvalue weighted by molar-refractivity contribution is 7.92. The number of hydrogen-bond donors (Lipinski definition) is 2. The van der Waals surface area contributed by atoms with Crippen LogP contribution in [0.4, 0.5) is 0 Å². The number of sulfone groups is 1. The van der Waals surface area contributed by atoms with Crippen LogP contribution in [-0.2, 0) is 14.6 Å². The van der Waals surface area contributed by atoms with Crippen LogP contribution in [0, 0.1) is 0 Å². The van der Waals surface area contributed by atoms with Crippen LogP contribution in [0.25, 0.3) is 0 Å². The second-order valence-corrected chi connectivity index (χ2v) is 6.34. The van der Waals surface area contributed by atoms with Gasteiger partial charge in [0.15, 0.2) is 14.6 Å². The number of piperidine rings is 1. The smallest absolute Gasteiger partial charge is 0.264 e. The van der Waals surface area contributed by atoms with E-state index in [9.17, 15) is 13.2 Å². The SMILES string of the molecule is CN1CCC(C(=O)NO)(S(C)(=O)=O)CC1. The van der Waals surface area contributed by atoms with Gasteiger partial charge in [0.05, 0.1) is 0 Å². The zero-order valence-electron chi connectivity index (χ0n) is 8.86. The molecule has 0 saturated carbocycles. The van der Waals surface area contributed by atoms with Crippen LogP contribution >= 0.6 is 0 Å². The number of carbonyl (C=O) groups excluding carboxylic acids is 1. The zero-order valence-corrected chi connectivity index (χ0v) is 9.67. The van der Waals surface area contributed by atoms with E-state index in [1.807, 2.05) is 11.9 Å². The molecule has 6 nitrogen and oxygen atoms in total. The Kier molecular flexibility index (Phi) is 3.37. The standard InChI is InChI=1S/C8H16N2O4S/c1-10-5-3-8(4-6-10,7(11)9-12)15(2,13)14/h12H,3-6H2,1-2H3,(H,9,11). The van der Waals surface area contributed by atoms with Crippen molar-refractivity contribution in [2.45, 2.75) is 17.6 Å². The van der Waals surface area contributed by atoms with E-state index in [-0.39, 0.29) is 12.8 Å². The van der Waals surface area contributed by atoms with Gasteiger partial charge in [0.2, 0.25) is 0 Å². The normalized spacial score (nSPS) is 22.3. The van der Waals surface area contributed by atoms with E-state index in [0.717, 1.165) is 6.26 Å². The number of likely N-dealkylation sites (tertiary alicyclic amines) is 1. The first-order valence-corrected chi connectivity index (χ1v) is 6.55. The second-order valence-electron chi connectivity index (χ2n) is 4.01. The van der Waals surface area contributed by atoms with E-state index in [4.69, 9.17) is 5.21 Å². The maximum absolute atomic E-state index is 11.6. The van der Waals surface area contributed by atoms with Crippen molar-refractivity contribution in [3.05, 3.63) is 0 Å². The largest absolute Gasteiger partial charge is 0.306 e. The molecule has 1 saturated heterocycles. The number of nitrogens with one attached hydrogen (secondary N) is 1. The molecule has 0 aromatic heterocycles. The Labute approximate surface area is 89.1 Å². The third-order valence-corrected chi connectivity index (χ3v) is 5.03. The first-order valence-electron chi connectivity index (χ1n) is 4.66. The summed E-state index contributed by atoms with van der Waals surface area (Å²) in [7, 11) is -1.66. The van der Waals surface area contributed by atoms with Crippen LogP contribution in [0.15, 0.2) is 0 Å². The lowest BCUT2D eigenvalue weighted by Crippen LogP contribution is -2.56. The molecule has 88 valence electrons. The summed E-state index contributed by atoms with van der Waals surface area (Å²) in [6.07, 6.45) is 1.47. The molecule has 1 amide bonds. The van der Waals surface area contributed by atoms with Gasteiger partial charge in [-0.2, -0.15) is 0 Å². The van der Waals surface area contributed by atoms with E-state index in [2.05, 4.69) is 0 Å². The molecule has 7 heteroatoms. The van der Waals surface area contributed by atoms with Gasteiger partial charge in [-0.15, -0.1) is 0 Å². The summed E-state index contributed by atoms with van der Waals surface area (Å²) < 4.78 is 21.8. The van der Waals surface area contributed by atoms with E-state index >= 15 is 0 Å². The molecule has 1 aliphatic heterocycles. The molecule has 15 heavy (non-hydrogen) atoms. The third-order valence-electron chi connectivity index (χ3n) is 3.02. The highest BCUT2D eigenvalue weighted by atomic mass is 32.2. The number of nitrogens with zero attached hydrogens (tertiary/aromatic N) is 1. The molecule has 1 fully saturated rings. The summed E-state index contributed by atoms with van der Waals surface area (Å²) >= 11 is 0. The van der Waals surface area contributed by atoms with Crippen molar-refractivity contribution in [3.8, 4) is 0 Å². The van der Waals surface area contributed by atoms with Crippen LogP contribution in [0.3, 0.4) is 0 Å². The monoisotopic (exact) mass is 236 g/mol. The van der Waals surface area contributed by atoms with Crippen LogP contribution in [0.2, 0.25) is 0 Å². The van der Waals surface area contributed by atoms with Gasteiger partial charge in [-0.25, -0.2) is 13.9 Å². The maximum atomic E-state index is 11.6. The summed E-state index contributed by atoms with van der Waals surface area (Å²) in [5.41, 5.74) is 1.46. The molecular formula is C8H16N2O4S. The minimum absolute atomic E-state index is 0.217. The lowest BCUT2D eigenvalue weighted by molar-refractivity contribution is -0.133. The number of hydrogen-bond acceptors (Lipinski definition) is 5. The first-order chi connectivity index (χ1) is 6.83. The molecule has 0 aromatic carbocycles. The Morgan fingerprint density at radius 3 is 2.20 bits per heavy atom. The van der Waals surface area contributed by atoms with Gasteiger partial charge in [-0.05, 0) is 33.0 Å². The fourth-order valence-corrected chi connectivity index (χ4v) is 3.15. The summed E-state index contributed by atoms with van der Waals surface area (Å²) in [5.74, 6) is -0.821. The summed E-state index contributed by atoms with van der Waals surface area (Å²) in [6, 6.07) is 0. The molecule has 0 bridgehead atoms. The molecule has 1 aliphatic rings. The molecule has 0 spiro atoms. The number of amides is 1. The zero-order chi connectivity index (χ0) is 11.7. The first kappa shape index (κ1) is 12.4. The summed E-state index contributed by atoms with van der Waals surface area (Å²) in [4.78, 5) is 13.4. The van der Waals surface area contributed by atoms with E-state index in [0.29, 0.717) is 13.1 Å². The fourth-order valence-electron chi connectivity index (χ4n) is 1.85. The minimum atomic E-state index is -3.52. The molecule has 0 aromatic rings. The highest BCUT2D eigenvalue weighted by Crippen LogP contribution is 2.29. The van der Waals surface area contributed by atoms with Crippen molar-refractivity contribution >= 4 is 15.7 Å². The summed E-state index contributed by atoms with van der Waals surface area (Å²) in [5, 5.41) is 8.60. The molecule has 1 rings (SSSR count). The lowest BCUT2D eigenvalue weighted by atomic mass is 9.95. The topological polar surface area (TPSA) is 86.7 Å². The van der Waals surface area contributed by atoms with Crippen molar-refractivity contribution in [2.75, 3.05) is 26.4 Å². The average Bonchev–Trinajstić information content (AvgIpc) is 2.16. The van der Waals surface area contributed by atoms with Crippen LogP contribution in [0.1, 0.15) is 12.8 Å². The van der Waals surface area contributed by atoms with E-state index in [1.165, 1.54) is 5.48 Å². The second kappa shape index (κ2) is 4.07. The van der Waals surface area contributed by atoms with Crippen molar-refractivity contribution in [3.63, 3.8) is 0 Å². The Balaban J connectivity index is 3.04. The maximum Gasteiger partial charge on any atom is 0.264 e. The van der Waals surface area contributed by atoms with Crippen LogP contribution in [-0.4, -0.2) is 55.6 Å². The minimum Gasteiger partial charge on any atom is -0.306 e. The van der Waals surface area contributed by atoms with Crippen molar-refractivity contribution < 1.29 is 18.4 Å². The van der Waals surface area contributed by atoms with Gasteiger partial charge in [-0.3, -0.25) is 10.0 Å². The lowest BCUT2D eigenvalue weighted by Gasteiger charge is -2.36. The van der Waals surface area contributed by atoms with Gasteiger partial charge < -0.3 is 4.90 Å². The molecule has 0 atom stereocenters. The van der Waals surface area contributed by atoms with Gasteiger partial charge in [0.25, 0.3) is 5.91 Å². The van der Waals surface area contributed by atoms with Crippen molar-refractivity contribution in [2.24, 2.45) is 0 Å². The Bertz CT molecular complexity index is 344. The average molecular weight is 236 g/mol. The third kappa shape index (κ3) is 2.14. The summed E-state index contributed by atoms with van der Waals surface area (Å²) in [6.45, 7) is 1.06. The molecule has 0 aliphatic carbocycles. The number of hydroxylamine groups is 1. The van der Waals surface area contributed by atoms with Crippen molar-refractivity contribution in [1.29, 1.82) is 0 Å². The van der Waals surface area contributed by atoms with E-state index in [1.54, 1.807) is 0 Å². The van der Waals surface area contributed by atoms with E-state index < -0.39 is 20.5 Å². The van der Waals surface area contributed by atoms with Crippen LogP contribution in [0.5, 0.6) is 0 Å². The fraction of sp³-hybridized carbons (Fsp3) is 0.875. The predicted octanol–water partition coefficient (Wildman–Crippen LogP) is -0.999. The number of rotatable bonds is 2. The van der Waals surface area contributed by atoms with Gasteiger partial charge in [0.1, 0.15) is 0 Å². The Hall–Kier alpha value is -0.660. The molecular weight excluding hydrogens is 220 g/mol. The Morgan fingerprint density at radius 1 is 1.40 bits per heavy atom. The molecule has 0 unspecified atom stereocenters. The quantitative estimate of drug-likeness (QED) is 0.474. The molecule has 0 radical (unpaired) electrons. The highest BCUT2D eigenvalue weighted by Gasteiger charge is 2.49. The number of carbonyl (C=O) groups is 1. The van der Waals surface area contributed by atoms with Gasteiger partial charge >= 0.3 is 0 Å². The van der Waals surface area contributed by atoms with Crippen molar-refractivity contribution in [1.82, 2.24) is 10.4 Å². The van der Waals surface area contributed by atoms with Crippen LogP contribution < -0.4 is 5.48 Å². The Morgan fingerprint density at radius 2 is 1.87 bits per heavy atom. The van der Waals surface area contributed by atoms with Gasteiger partial charge in [-0.1, -0.05) is 0 Å².